The van der Waals surface area contributed by atoms with Crippen molar-refractivity contribution in [3.63, 3.8) is 0 Å². The SMILES string of the molecule is CN(C)c1nccc(CN2CCNCC2)n1. The molecule has 5 heteroatoms. The predicted molar refractivity (Wildman–Crippen MR) is 64.5 cm³/mol. The van der Waals surface area contributed by atoms with E-state index in [1.165, 1.54) is 0 Å². The van der Waals surface area contributed by atoms with E-state index >= 15 is 0 Å². The molecule has 1 N–H and O–H groups in total. The van der Waals surface area contributed by atoms with E-state index in [0.29, 0.717) is 0 Å². The minimum atomic E-state index is 0.785. The predicted octanol–water partition coefficient (Wildman–Crippen LogP) is -0.0522. The molecule has 0 radical (unpaired) electrons. The third-order valence-electron chi connectivity index (χ3n) is 2.70. The number of rotatable bonds is 3. The topological polar surface area (TPSA) is 44.3 Å². The molecule has 0 saturated carbocycles. The molecule has 1 fully saturated rings. The Morgan fingerprint density at radius 3 is 2.81 bits per heavy atom. The molecule has 0 aliphatic carbocycles. The Kier molecular flexibility index (Phi) is 3.69. The first-order valence-corrected chi connectivity index (χ1v) is 5.68. The van der Waals surface area contributed by atoms with Gasteiger partial charge in [0.2, 0.25) is 5.95 Å². The van der Waals surface area contributed by atoms with Gasteiger partial charge >= 0.3 is 0 Å². The molecule has 0 bridgehead atoms. The zero-order chi connectivity index (χ0) is 11.4. The molecule has 2 heterocycles. The van der Waals surface area contributed by atoms with Crippen molar-refractivity contribution in [2.45, 2.75) is 6.54 Å². The highest BCUT2D eigenvalue weighted by molar-refractivity contribution is 5.27. The smallest absolute Gasteiger partial charge is 0.225 e. The molecule has 0 unspecified atom stereocenters. The van der Waals surface area contributed by atoms with E-state index in [1.54, 1.807) is 0 Å². The fraction of sp³-hybridized carbons (Fsp3) is 0.636. The molecule has 0 aromatic carbocycles. The summed E-state index contributed by atoms with van der Waals surface area (Å²) >= 11 is 0. The van der Waals surface area contributed by atoms with Crippen molar-refractivity contribution < 1.29 is 0 Å². The van der Waals surface area contributed by atoms with E-state index in [0.717, 1.165) is 44.4 Å². The maximum absolute atomic E-state index is 4.52. The van der Waals surface area contributed by atoms with Crippen LogP contribution in [0.5, 0.6) is 0 Å². The first kappa shape index (κ1) is 11.3. The molecule has 1 aromatic rings. The fourth-order valence-electron chi connectivity index (χ4n) is 1.79. The lowest BCUT2D eigenvalue weighted by atomic mass is 10.3. The average Bonchev–Trinajstić information content (AvgIpc) is 2.30. The summed E-state index contributed by atoms with van der Waals surface area (Å²) in [4.78, 5) is 13.1. The van der Waals surface area contributed by atoms with Gasteiger partial charge in [0, 0.05) is 53.0 Å². The van der Waals surface area contributed by atoms with Crippen LogP contribution in [0.3, 0.4) is 0 Å². The summed E-state index contributed by atoms with van der Waals surface area (Å²) in [6.45, 7) is 5.27. The molecule has 1 saturated heterocycles. The number of nitrogens with zero attached hydrogens (tertiary/aromatic N) is 4. The second kappa shape index (κ2) is 5.23. The summed E-state index contributed by atoms with van der Waals surface area (Å²) in [7, 11) is 3.92. The van der Waals surface area contributed by atoms with Crippen molar-refractivity contribution in [3.8, 4) is 0 Å². The number of anilines is 1. The number of piperazine rings is 1. The van der Waals surface area contributed by atoms with Crippen molar-refractivity contribution in [1.82, 2.24) is 20.2 Å². The van der Waals surface area contributed by atoms with Crippen LogP contribution in [-0.2, 0) is 6.54 Å². The molecule has 0 spiro atoms. The van der Waals surface area contributed by atoms with E-state index in [-0.39, 0.29) is 0 Å². The van der Waals surface area contributed by atoms with E-state index in [9.17, 15) is 0 Å². The highest BCUT2D eigenvalue weighted by atomic mass is 15.2. The Hall–Kier alpha value is -1.20. The average molecular weight is 221 g/mol. The fourth-order valence-corrected chi connectivity index (χ4v) is 1.79. The van der Waals surface area contributed by atoms with Gasteiger partial charge in [-0.05, 0) is 6.07 Å². The van der Waals surface area contributed by atoms with Crippen molar-refractivity contribution in [2.24, 2.45) is 0 Å². The minimum absolute atomic E-state index is 0.785. The number of nitrogens with one attached hydrogen (secondary N) is 1. The summed E-state index contributed by atoms with van der Waals surface area (Å²) in [5.41, 5.74) is 1.10. The molecule has 16 heavy (non-hydrogen) atoms. The van der Waals surface area contributed by atoms with Crippen molar-refractivity contribution in [2.75, 3.05) is 45.2 Å². The largest absolute Gasteiger partial charge is 0.347 e. The van der Waals surface area contributed by atoms with E-state index < -0.39 is 0 Å². The van der Waals surface area contributed by atoms with Crippen molar-refractivity contribution in [1.29, 1.82) is 0 Å². The van der Waals surface area contributed by atoms with Gasteiger partial charge in [-0.15, -0.1) is 0 Å². The van der Waals surface area contributed by atoms with Crippen LogP contribution < -0.4 is 10.2 Å². The summed E-state index contributed by atoms with van der Waals surface area (Å²) < 4.78 is 0. The lowest BCUT2D eigenvalue weighted by molar-refractivity contribution is 0.230. The zero-order valence-corrected chi connectivity index (χ0v) is 9.98. The second-order valence-corrected chi connectivity index (χ2v) is 4.27. The number of hydrogen-bond donors (Lipinski definition) is 1. The normalized spacial score (nSPS) is 17.4. The van der Waals surface area contributed by atoms with Crippen LogP contribution in [0.4, 0.5) is 5.95 Å². The number of hydrogen-bond acceptors (Lipinski definition) is 5. The van der Waals surface area contributed by atoms with Crippen LogP contribution in [0.15, 0.2) is 12.3 Å². The van der Waals surface area contributed by atoms with Gasteiger partial charge in [0.15, 0.2) is 0 Å². The summed E-state index contributed by atoms with van der Waals surface area (Å²) in [6.07, 6.45) is 1.83. The Bertz CT molecular complexity index is 333. The summed E-state index contributed by atoms with van der Waals surface area (Å²) in [5, 5.41) is 3.35. The first-order chi connectivity index (χ1) is 7.75. The Labute approximate surface area is 96.5 Å². The third-order valence-corrected chi connectivity index (χ3v) is 2.70. The van der Waals surface area contributed by atoms with Crippen molar-refractivity contribution >= 4 is 5.95 Å². The van der Waals surface area contributed by atoms with Gasteiger partial charge in [0.05, 0.1) is 5.69 Å². The Morgan fingerprint density at radius 2 is 2.12 bits per heavy atom. The van der Waals surface area contributed by atoms with Crippen LogP contribution in [0.2, 0.25) is 0 Å². The standard InChI is InChI=1S/C11H19N5/c1-15(2)11-13-4-3-10(14-11)9-16-7-5-12-6-8-16/h3-4,12H,5-9H2,1-2H3. The van der Waals surface area contributed by atoms with Gasteiger partial charge < -0.3 is 10.2 Å². The Morgan fingerprint density at radius 1 is 1.38 bits per heavy atom. The van der Waals surface area contributed by atoms with Gasteiger partial charge in [0.1, 0.15) is 0 Å². The van der Waals surface area contributed by atoms with E-state index in [1.807, 2.05) is 31.3 Å². The molecule has 0 atom stereocenters. The quantitative estimate of drug-likeness (QED) is 0.775. The highest BCUT2D eigenvalue weighted by Crippen LogP contribution is 2.06. The van der Waals surface area contributed by atoms with Crippen molar-refractivity contribution in [3.05, 3.63) is 18.0 Å². The van der Waals surface area contributed by atoms with Crippen LogP contribution in [-0.4, -0.2) is 55.1 Å². The van der Waals surface area contributed by atoms with E-state index in [4.69, 9.17) is 0 Å². The molecule has 88 valence electrons. The van der Waals surface area contributed by atoms with Crippen LogP contribution in [0, 0.1) is 0 Å². The molecular weight excluding hydrogens is 202 g/mol. The molecular formula is C11H19N5. The summed E-state index contributed by atoms with van der Waals surface area (Å²) in [6, 6.07) is 2.00. The minimum Gasteiger partial charge on any atom is -0.347 e. The van der Waals surface area contributed by atoms with Crippen LogP contribution >= 0.6 is 0 Å². The maximum Gasteiger partial charge on any atom is 0.225 e. The molecule has 5 nitrogen and oxygen atoms in total. The molecule has 1 aliphatic heterocycles. The lowest BCUT2D eigenvalue weighted by Crippen LogP contribution is -2.43. The van der Waals surface area contributed by atoms with Crippen LogP contribution in [0.25, 0.3) is 0 Å². The third kappa shape index (κ3) is 2.90. The first-order valence-electron chi connectivity index (χ1n) is 5.68. The number of aromatic nitrogens is 2. The maximum atomic E-state index is 4.52. The lowest BCUT2D eigenvalue weighted by Gasteiger charge is -2.26. The Balaban J connectivity index is 2.00. The van der Waals surface area contributed by atoms with Crippen LogP contribution in [0.1, 0.15) is 5.69 Å². The van der Waals surface area contributed by atoms with Gasteiger partial charge in [0.25, 0.3) is 0 Å². The van der Waals surface area contributed by atoms with Gasteiger partial charge in [-0.1, -0.05) is 0 Å². The van der Waals surface area contributed by atoms with E-state index in [2.05, 4.69) is 20.2 Å². The van der Waals surface area contributed by atoms with Gasteiger partial charge in [-0.2, -0.15) is 0 Å². The zero-order valence-electron chi connectivity index (χ0n) is 9.98. The molecule has 1 aromatic heterocycles. The van der Waals surface area contributed by atoms with Gasteiger partial charge in [-0.25, -0.2) is 9.97 Å². The second-order valence-electron chi connectivity index (χ2n) is 4.27. The van der Waals surface area contributed by atoms with Gasteiger partial charge in [-0.3, -0.25) is 4.90 Å². The highest BCUT2D eigenvalue weighted by Gasteiger charge is 2.11. The molecule has 2 rings (SSSR count). The summed E-state index contributed by atoms with van der Waals surface area (Å²) in [5.74, 6) is 0.785. The monoisotopic (exact) mass is 221 g/mol. The molecule has 0 amide bonds. The molecule has 1 aliphatic rings.